The van der Waals surface area contributed by atoms with Gasteiger partial charge in [0.15, 0.2) is 11.0 Å². The first-order valence-electron chi connectivity index (χ1n) is 5.86. The van der Waals surface area contributed by atoms with Crippen molar-refractivity contribution in [3.63, 3.8) is 0 Å². The topological polar surface area (TPSA) is 59.5 Å². The number of halogens is 1. The van der Waals surface area contributed by atoms with E-state index in [2.05, 4.69) is 0 Å². The molecule has 1 heterocycles. The van der Waals surface area contributed by atoms with E-state index in [0.717, 1.165) is 25.7 Å². The highest BCUT2D eigenvalue weighted by Crippen LogP contribution is 2.23. The molecule has 1 aromatic heterocycles. The van der Waals surface area contributed by atoms with Crippen molar-refractivity contribution in [3.05, 3.63) is 23.1 Å². The SMILES string of the molecule is CN(C(=O)c1ccc(Cl)o1)C1CCC(N)CC1. The Kier molecular flexibility index (Phi) is 3.74. The quantitative estimate of drug-likeness (QED) is 0.883. The highest BCUT2D eigenvalue weighted by atomic mass is 35.5. The van der Waals surface area contributed by atoms with E-state index in [4.69, 9.17) is 21.8 Å². The summed E-state index contributed by atoms with van der Waals surface area (Å²) in [7, 11) is 1.81. The molecule has 0 atom stereocenters. The van der Waals surface area contributed by atoms with Crippen LogP contribution in [0.2, 0.25) is 5.22 Å². The van der Waals surface area contributed by atoms with E-state index < -0.39 is 0 Å². The van der Waals surface area contributed by atoms with Gasteiger partial charge in [0.25, 0.3) is 5.91 Å². The van der Waals surface area contributed by atoms with Gasteiger partial charge in [0.1, 0.15) is 0 Å². The molecule has 2 N–H and O–H groups in total. The van der Waals surface area contributed by atoms with Crippen LogP contribution >= 0.6 is 11.6 Å². The molecule has 0 unspecified atom stereocenters. The normalized spacial score (nSPS) is 24.6. The summed E-state index contributed by atoms with van der Waals surface area (Å²) in [5.41, 5.74) is 5.85. The van der Waals surface area contributed by atoms with Crippen molar-refractivity contribution in [1.82, 2.24) is 4.90 Å². The monoisotopic (exact) mass is 256 g/mol. The molecule has 1 aliphatic rings. The zero-order valence-corrected chi connectivity index (χ0v) is 10.6. The van der Waals surface area contributed by atoms with Gasteiger partial charge in [-0.25, -0.2) is 0 Å². The Balaban J connectivity index is 2.00. The molecular weight excluding hydrogens is 240 g/mol. The van der Waals surface area contributed by atoms with Crippen LogP contribution in [0.4, 0.5) is 0 Å². The summed E-state index contributed by atoms with van der Waals surface area (Å²) in [4.78, 5) is 13.8. The maximum absolute atomic E-state index is 12.1. The molecule has 0 aliphatic heterocycles. The Morgan fingerprint density at radius 2 is 2.06 bits per heavy atom. The lowest BCUT2D eigenvalue weighted by atomic mass is 9.91. The molecule has 1 amide bonds. The average molecular weight is 257 g/mol. The predicted molar refractivity (Wildman–Crippen MR) is 66.0 cm³/mol. The number of amides is 1. The van der Waals surface area contributed by atoms with Gasteiger partial charge in [-0.05, 0) is 49.4 Å². The van der Waals surface area contributed by atoms with Gasteiger partial charge in [0.05, 0.1) is 0 Å². The van der Waals surface area contributed by atoms with Crippen LogP contribution in [-0.4, -0.2) is 29.9 Å². The molecule has 0 aromatic carbocycles. The Hall–Kier alpha value is -1.00. The van der Waals surface area contributed by atoms with Crippen LogP contribution in [0.5, 0.6) is 0 Å². The fourth-order valence-electron chi connectivity index (χ4n) is 2.26. The zero-order valence-electron chi connectivity index (χ0n) is 9.86. The largest absolute Gasteiger partial charge is 0.440 e. The minimum atomic E-state index is -0.114. The van der Waals surface area contributed by atoms with E-state index in [-0.39, 0.29) is 23.2 Å². The molecule has 4 nitrogen and oxygen atoms in total. The third kappa shape index (κ3) is 2.82. The number of nitrogens with zero attached hydrogens (tertiary/aromatic N) is 1. The molecule has 17 heavy (non-hydrogen) atoms. The lowest BCUT2D eigenvalue weighted by Crippen LogP contribution is -2.41. The molecule has 1 aromatic rings. The van der Waals surface area contributed by atoms with E-state index in [1.807, 2.05) is 0 Å². The second-order valence-electron chi connectivity index (χ2n) is 4.59. The molecule has 1 fully saturated rings. The van der Waals surface area contributed by atoms with Crippen molar-refractivity contribution in [2.45, 2.75) is 37.8 Å². The Bertz CT molecular complexity index is 397. The Labute approximate surface area is 106 Å². The van der Waals surface area contributed by atoms with Crippen LogP contribution in [0.25, 0.3) is 0 Å². The first kappa shape index (κ1) is 12.5. The lowest BCUT2D eigenvalue weighted by molar-refractivity contribution is 0.0658. The maximum Gasteiger partial charge on any atom is 0.289 e. The van der Waals surface area contributed by atoms with Crippen LogP contribution in [-0.2, 0) is 0 Å². The third-order valence-corrected chi connectivity index (χ3v) is 3.60. The van der Waals surface area contributed by atoms with Gasteiger partial charge in [0.2, 0.25) is 0 Å². The molecule has 1 saturated carbocycles. The molecule has 0 bridgehead atoms. The predicted octanol–water partition coefficient (Wildman–Crippen LogP) is 2.27. The number of rotatable bonds is 2. The van der Waals surface area contributed by atoms with Crippen LogP contribution in [0.3, 0.4) is 0 Å². The molecular formula is C12H17ClN2O2. The van der Waals surface area contributed by atoms with E-state index in [9.17, 15) is 4.79 Å². The summed E-state index contributed by atoms with van der Waals surface area (Å²) in [5, 5.41) is 0.243. The van der Waals surface area contributed by atoms with Crippen LogP contribution < -0.4 is 5.73 Å². The van der Waals surface area contributed by atoms with Gasteiger partial charge in [-0.15, -0.1) is 0 Å². The van der Waals surface area contributed by atoms with Crippen molar-refractivity contribution in [2.75, 3.05) is 7.05 Å². The summed E-state index contributed by atoms with van der Waals surface area (Å²) >= 11 is 5.66. The first-order chi connectivity index (χ1) is 8.08. The number of carbonyl (C=O) groups excluding carboxylic acids is 1. The fourth-order valence-corrected chi connectivity index (χ4v) is 2.40. The molecule has 2 rings (SSSR count). The van der Waals surface area contributed by atoms with Gasteiger partial charge < -0.3 is 15.1 Å². The minimum absolute atomic E-state index is 0.114. The molecule has 1 aliphatic carbocycles. The molecule has 0 saturated heterocycles. The maximum atomic E-state index is 12.1. The van der Waals surface area contributed by atoms with Crippen LogP contribution in [0, 0.1) is 0 Å². The number of carbonyl (C=O) groups is 1. The van der Waals surface area contributed by atoms with E-state index in [0.29, 0.717) is 5.76 Å². The zero-order chi connectivity index (χ0) is 12.4. The first-order valence-corrected chi connectivity index (χ1v) is 6.24. The van der Waals surface area contributed by atoms with Gasteiger partial charge in [-0.1, -0.05) is 0 Å². The third-order valence-electron chi connectivity index (χ3n) is 3.39. The van der Waals surface area contributed by atoms with Crippen molar-refractivity contribution in [1.29, 1.82) is 0 Å². The Morgan fingerprint density at radius 1 is 1.41 bits per heavy atom. The van der Waals surface area contributed by atoms with Crippen LogP contribution in [0.1, 0.15) is 36.2 Å². The van der Waals surface area contributed by atoms with E-state index in [1.165, 1.54) is 0 Å². The van der Waals surface area contributed by atoms with E-state index >= 15 is 0 Å². The van der Waals surface area contributed by atoms with Crippen LogP contribution in [0.15, 0.2) is 16.5 Å². The molecule has 0 spiro atoms. The second kappa shape index (κ2) is 5.10. The number of hydrogen-bond acceptors (Lipinski definition) is 3. The smallest absolute Gasteiger partial charge is 0.289 e. The summed E-state index contributed by atoms with van der Waals surface area (Å²) in [5.74, 6) is 0.185. The summed E-state index contributed by atoms with van der Waals surface area (Å²) in [6, 6.07) is 3.73. The van der Waals surface area contributed by atoms with Gasteiger partial charge in [-0.2, -0.15) is 0 Å². The number of nitrogens with two attached hydrogens (primary N) is 1. The van der Waals surface area contributed by atoms with Gasteiger partial charge >= 0.3 is 0 Å². The second-order valence-corrected chi connectivity index (χ2v) is 4.96. The van der Waals surface area contributed by atoms with Gasteiger partial charge in [0, 0.05) is 19.1 Å². The number of furan rings is 1. The molecule has 94 valence electrons. The Morgan fingerprint density at radius 3 is 2.59 bits per heavy atom. The lowest BCUT2D eigenvalue weighted by Gasteiger charge is -2.33. The average Bonchev–Trinajstić information content (AvgIpc) is 2.75. The molecule has 0 radical (unpaired) electrons. The summed E-state index contributed by atoms with van der Waals surface area (Å²) in [6.45, 7) is 0. The van der Waals surface area contributed by atoms with Crippen molar-refractivity contribution in [3.8, 4) is 0 Å². The fraction of sp³-hybridized carbons (Fsp3) is 0.583. The highest BCUT2D eigenvalue weighted by molar-refractivity contribution is 6.29. The minimum Gasteiger partial charge on any atom is -0.440 e. The standard InChI is InChI=1S/C12H17ClN2O2/c1-15(9-4-2-8(14)3-5-9)12(16)10-6-7-11(13)17-10/h6-9H,2-5,14H2,1H3. The van der Waals surface area contributed by atoms with Crippen molar-refractivity contribution >= 4 is 17.5 Å². The van der Waals surface area contributed by atoms with Crippen molar-refractivity contribution in [2.24, 2.45) is 5.73 Å². The van der Waals surface area contributed by atoms with Crippen molar-refractivity contribution < 1.29 is 9.21 Å². The molecule has 5 heteroatoms. The number of hydrogen-bond donors (Lipinski definition) is 1. The van der Waals surface area contributed by atoms with E-state index in [1.54, 1.807) is 24.1 Å². The summed E-state index contributed by atoms with van der Waals surface area (Å²) in [6.07, 6.45) is 3.86. The summed E-state index contributed by atoms with van der Waals surface area (Å²) < 4.78 is 5.13. The van der Waals surface area contributed by atoms with Gasteiger partial charge in [-0.3, -0.25) is 4.79 Å². The highest BCUT2D eigenvalue weighted by Gasteiger charge is 2.26.